The average molecular weight is 337 g/mol. The second kappa shape index (κ2) is 7.02. The molecule has 0 aliphatic carbocycles. The molecule has 1 amide bonds. The van der Waals surface area contributed by atoms with Gasteiger partial charge in [-0.15, -0.1) is 0 Å². The number of carbonyl (C=O) groups is 1. The molecule has 1 aromatic heterocycles. The van der Waals surface area contributed by atoms with E-state index in [0.29, 0.717) is 16.0 Å². The number of ether oxygens (including phenoxy) is 1. The van der Waals surface area contributed by atoms with Crippen LogP contribution in [0.25, 0.3) is 0 Å². The summed E-state index contributed by atoms with van der Waals surface area (Å²) < 4.78 is 5.54. The second-order valence-electron chi connectivity index (χ2n) is 3.99. The van der Waals surface area contributed by atoms with Gasteiger partial charge in [-0.3, -0.25) is 5.32 Å². The Morgan fingerprint density at radius 2 is 2.00 bits per heavy atom. The van der Waals surface area contributed by atoms with Gasteiger partial charge in [0.25, 0.3) is 0 Å². The molecule has 0 atom stereocenters. The molecule has 2 N–H and O–H groups in total. The number of halogens is 1. The van der Waals surface area contributed by atoms with Crippen molar-refractivity contribution in [1.82, 2.24) is 4.98 Å². The topological polar surface area (TPSA) is 71.5 Å². The number of rotatable bonds is 4. The van der Waals surface area contributed by atoms with E-state index in [-0.39, 0.29) is 13.2 Å². The van der Waals surface area contributed by atoms with Gasteiger partial charge in [-0.1, -0.05) is 30.3 Å². The van der Waals surface area contributed by atoms with Crippen LogP contribution in [0.3, 0.4) is 0 Å². The number of nitrogens with one attached hydrogen (secondary N) is 1. The van der Waals surface area contributed by atoms with Crippen LogP contribution < -0.4 is 5.32 Å². The first-order chi connectivity index (χ1) is 9.69. The molecular formula is C14H13BrN2O3. The Balaban J connectivity index is 1.91. The van der Waals surface area contributed by atoms with Gasteiger partial charge in [-0.2, -0.15) is 0 Å². The van der Waals surface area contributed by atoms with Crippen molar-refractivity contribution in [3.8, 4) is 0 Å². The SMILES string of the molecule is O=C(Nc1ccc(CO)nc1Br)OCc1ccccc1. The van der Waals surface area contributed by atoms with Crippen molar-refractivity contribution in [2.75, 3.05) is 5.32 Å². The third-order valence-electron chi connectivity index (χ3n) is 2.52. The quantitative estimate of drug-likeness (QED) is 0.841. The van der Waals surface area contributed by atoms with Crippen molar-refractivity contribution in [2.45, 2.75) is 13.2 Å². The highest BCUT2D eigenvalue weighted by Gasteiger charge is 2.08. The first kappa shape index (κ1) is 14.5. The summed E-state index contributed by atoms with van der Waals surface area (Å²) in [6, 6.07) is 12.7. The lowest BCUT2D eigenvalue weighted by atomic mass is 10.2. The van der Waals surface area contributed by atoms with Gasteiger partial charge >= 0.3 is 6.09 Å². The summed E-state index contributed by atoms with van der Waals surface area (Å²) in [6.45, 7) is 0.0454. The molecule has 0 saturated heterocycles. The first-order valence-corrected chi connectivity index (χ1v) is 6.72. The van der Waals surface area contributed by atoms with E-state index >= 15 is 0 Å². The number of benzene rings is 1. The summed E-state index contributed by atoms with van der Waals surface area (Å²) in [5.74, 6) is 0. The van der Waals surface area contributed by atoms with Gasteiger partial charge in [0.15, 0.2) is 0 Å². The molecule has 0 aliphatic heterocycles. The molecule has 2 aromatic rings. The van der Waals surface area contributed by atoms with Crippen LogP contribution in [0.2, 0.25) is 0 Å². The highest BCUT2D eigenvalue weighted by atomic mass is 79.9. The van der Waals surface area contributed by atoms with E-state index in [1.54, 1.807) is 12.1 Å². The molecule has 0 saturated carbocycles. The number of carbonyl (C=O) groups excluding carboxylic acids is 1. The minimum atomic E-state index is -0.562. The standard InChI is InChI=1S/C14H13BrN2O3/c15-13-12(7-6-11(8-18)16-13)17-14(19)20-9-10-4-2-1-3-5-10/h1-7,18H,8-9H2,(H,17,19). The normalized spacial score (nSPS) is 10.1. The van der Waals surface area contributed by atoms with E-state index in [1.165, 1.54) is 0 Å². The predicted molar refractivity (Wildman–Crippen MR) is 78.1 cm³/mol. The predicted octanol–water partition coefficient (Wildman–Crippen LogP) is 3.09. The van der Waals surface area contributed by atoms with Gasteiger partial charge in [0.1, 0.15) is 11.2 Å². The van der Waals surface area contributed by atoms with Crippen LogP contribution in [0, 0.1) is 0 Å². The van der Waals surface area contributed by atoms with Gasteiger partial charge in [0.2, 0.25) is 0 Å². The molecule has 0 spiro atoms. The number of aromatic nitrogens is 1. The summed E-state index contributed by atoms with van der Waals surface area (Å²) in [6.07, 6.45) is -0.562. The Hall–Kier alpha value is -1.92. The summed E-state index contributed by atoms with van der Waals surface area (Å²) in [4.78, 5) is 15.7. The number of amides is 1. The molecule has 0 bridgehead atoms. The molecule has 0 radical (unpaired) electrons. The van der Waals surface area contributed by atoms with Gasteiger partial charge in [-0.05, 0) is 33.6 Å². The minimum absolute atomic E-state index is 0.155. The fraction of sp³-hybridized carbons (Fsp3) is 0.143. The van der Waals surface area contributed by atoms with Crippen molar-refractivity contribution in [3.63, 3.8) is 0 Å². The molecule has 0 unspecified atom stereocenters. The Bertz CT molecular complexity index is 590. The summed E-state index contributed by atoms with van der Waals surface area (Å²) in [7, 11) is 0. The molecule has 1 heterocycles. The average Bonchev–Trinajstić information content (AvgIpc) is 2.48. The molecule has 2 rings (SSSR count). The van der Waals surface area contributed by atoms with Crippen molar-refractivity contribution in [1.29, 1.82) is 0 Å². The van der Waals surface area contributed by atoms with E-state index in [1.807, 2.05) is 30.3 Å². The minimum Gasteiger partial charge on any atom is -0.444 e. The zero-order valence-corrected chi connectivity index (χ0v) is 12.1. The number of aliphatic hydroxyl groups excluding tert-OH is 1. The molecule has 20 heavy (non-hydrogen) atoms. The lowest BCUT2D eigenvalue weighted by molar-refractivity contribution is 0.155. The summed E-state index contributed by atoms with van der Waals surface area (Å²) >= 11 is 3.22. The number of nitrogens with zero attached hydrogens (tertiary/aromatic N) is 1. The van der Waals surface area contributed by atoms with Crippen LogP contribution in [-0.2, 0) is 18.0 Å². The highest BCUT2D eigenvalue weighted by Crippen LogP contribution is 2.20. The maximum absolute atomic E-state index is 11.7. The van der Waals surface area contributed by atoms with Gasteiger partial charge < -0.3 is 9.84 Å². The highest BCUT2D eigenvalue weighted by molar-refractivity contribution is 9.10. The fourth-order valence-electron chi connectivity index (χ4n) is 1.52. The van der Waals surface area contributed by atoms with E-state index in [9.17, 15) is 4.79 Å². The maximum atomic E-state index is 11.7. The molecule has 6 heteroatoms. The fourth-order valence-corrected chi connectivity index (χ4v) is 1.98. The lowest BCUT2D eigenvalue weighted by Crippen LogP contribution is -2.14. The Morgan fingerprint density at radius 1 is 1.25 bits per heavy atom. The first-order valence-electron chi connectivity index (χ1n) is 5.93. The Kier molecular flexibility index (Phi) is 5.09. The van der Waals surface area contributed by atoms with Crippen LogP contribution in [0.15, 0.2) is 47.1 Å². The third-order valence-corrected chi connectivity index (χ3v) is 3.12. The van der Waals surface area contributed by atoms with Gasteiger partial charge in [0.05, 0.1) is 18.0 Å². The smallest absolute Gasteiger partial charge is 0.412 e. The van der Waals surface area contributed by atoms with Gasteiger partial charge in [-0.25, -0.2) is 9.78 Å². The molecular weight excluding hydrogens is 324 g/mol. The van der Waals surface area contributed by atoms with Crippen molar-refractivity contribution < 1.29 is 14.6 Å². The molecule has 0 fully saturated rings. The van der Waals surface area contributed by atoms with E-state index in [2.05, 4.69) is 26.2 Å². The monoisotopic (exact) mass is 336 g/mol. The van der Waals surface area contributed by atoms with Crippen molar-refractivity contribution >= 4 is 27.7 Å². The molecule has 0 aliphatic rings. The Labute approximate surface area is 124 Å². The number of hydrogen-bond acceptors (Lipinski definition) is 4. The van der Waals surface area contributed by atoms with Crippen molar-refractivity contribution in [2.24, 2.45) is 0 Å². The molecule has 104 valence electrons. The van der Waals surface area contributed by atoms with Crippen LogP contribution in [0.1, 0.15) is 11.3 Å². The largest absolute Gasteiger partial charge is 0.444 e. The Morgan fingerprint density at radius 3 is 2.65 bits per heavy atom. The number of aliphatic hydroxyl groups is 1. The number of anilines is 1. The number of pyridine rings is 1. The van der Waals surface area contributed by atoms with Crippen LogP contribution in [0.5, 0.6) is 0 Å². The lowest BCUT2D eigenvalue weighted by Gasteiger charge is -2.08. The van der Waals surface area contributed by atoms with Crippen LogP contribution in [-0.4, -0.2) is 16.2 Å². The second-order valence-corrected chi connectivity index (χ2v) is 4.74. The summed E-state index contributed by atoms with van der Waals surface area (Å²) in [5, 5.41) is 11.5. The zero-order valence-electron chi connectivity index (χ0n) is 10.5. The molecule has 1 aromatic carbocycles. The molecule has 5 nitrogen and oxygen atoms in total. The van der Waals surface area contributed by atoms with Crippen LogP contribution in [0.4, 0.5) is 10.5 Å². The van der Waals surface area contributed by atoms with Crippen LogP contribution >= 0.6 is 15.9 Å². The number of hydrogen-bond donors (Lipinski definition) is 2. The van der Waals surface area contributed by atoms with E-state index in [4.69, 9.17) is 9.84 Å². The zero-order chi connectivity index (χ0) is 14.4. The summed E-state index contributed by atoms with van der Waals surface area (Å²) in [5.41, 5.74) is 1.91. The van der Waals surface area contributed by atoms with Crippen molar-refractivity contribution in [3.05, 3.63) is 58.3 Å². The van der Waals surface area contributed by atoms with E-state index in [0.717, 1.165) is 5.56 Å². The van der Waals surface area contributed by atoms with Gasteiger partial charge in [0, 0.05) is 0 Å². The van der Waals surface area contributed by atoms with E-state index < -0.39 is 6.09 Å². The maximum Gasteiger partial charge on any atom is 0.412 e. The third kappa shape index (κ3) is 4.04.